The number of amides is 2. The summed E-state index contributed by atoms with van der Waals surface area (Å²) in [6.07, 6.45) is 2.76. The number of para-hydroxylation sites is 1. The second-order valence-corrected chi connectivity index (χ2v) is 6.96. The van der Waals surface area contributed by atoms with Crippen LogP contribution < -0.4 is 5.32 Å². The van der Waals surface area contributed by atoms with Gasteiger partial charge in [0.05, 0.1) is 0 Å². The Bertz CT molecular complexity index is 993. The maximum absolute atomic E-state index is 12.8. The normalized spacial score (nSPS) is 20.1. The zero-order valence-corrected chi connectivity index (χ0v) is 15.0. The molecule has 3 N–H and O–H groups in total. The second-order valence-electron chi connectivity index (χ2n) is 6.96. The molecule has 6 nitrogen and oxygen atoms in total. The quantitative estimate of drug-likeness (QED) is 0.663. The first-order chi connectivity index (χ1) is 13.0. The van der Waals surface area contributed by atoms with Crippen molar-refractivity contribution in [2.75, 3.05) is 7.05 Å². The Kier molecular flexibility index (Phi) is 4.32. The average Bonchev–Trinajstić information content (AvgIpc) is 3.08. The molecule has 0 bridgehead atoms. The maximum Gasteiger partial charge on any atom is 0.245 e. The van der Waals surface area contributed by atoms with Crippen molar-refractivity contribution in [3.63, 3.8) is 0 Å². The summed E-state index contributed by atoms with van der Waals surface area (Å²) in [5.41, 5.74) is 2.91. The van der Waals surface area contributed by atoms with Crippen molar-refractivity contribution in [3.05, 3.63) is 65.9 Å². The number of hydrogen-bond acceptors (Lipinski definition) is 3. The molecule has 1 aliphatic heterocycles. The molecule has 3 aromatic rings. The van der Waals surface area contributed by atoms with E-state index in [-0.39, 0.29) is 17.6 Å². The summed E-state index contributed by atoms with van der Waals surface area (Å²) in [5, 5.41) is 13.3. The van der Waals surface area contributed by atoms with Gasteiger partial charge in [-0.15, -0.1) is 0 Å². The van der Waals surface area contributed by atoms with Crippen LogP contribution in [0.4, 0.5) is 0 Å². The molecule has 0 radical (unpaired) electrons. The molecule has 2 heterocycles. The lowest BCUT2D eigenvalue weighted by Gasteiger charge is -2.36. The number of aromatic nitrogens is 1. The number of fused-ring (bicyclic) bond motifs is 1. The second kappa shape index (κ2) is 6.79. The van der Waals surface area contributed by atoms with Gasteiger partial charge in [0.1, 0.15) is 17.8 Å². The number of likely N-dealkylation sites (N-methyl/N-ethyl adjacent to an activating group) is 1. The summed E-state index contributed by atoms with van der Waals surface area (Å²) in [4.78, 5) is 30.2. The molecule has 0 aliphatic carbocycles. The minimum absolute atomic E-state index is 0.0938. The van der Waals surface area contributed by atoms with Gasteiger partial charge in [0, 0.05) is 37.0 Å². The minimum Gasteiger partial charge on any atom is -0.508 e. The predicted molar refractivity (Wildman–Crippen MR) is 102 cm³/mol. The number of H-pyrrole nitrogens is 1. The number of aromatic hydroxyl groups is 1. The third-order valence-corrected chi connectivity index (χ3v) is 5.20. The lowest BCUT2D eigenvalue weighted by molar-refractivity contribution is -0.147. The fourth-order valence-electron chi connectivity index (χ4n) is 3.65. The van der Waals surface area contributed by atoms with Crippen LogP contribution in [0.25, 0.3) is 10.9 Å². The number of rotatable bonds is 4. The fourth-order valence-corrected chi connectivity index (χ4v) is 3.65. The fraction of sp³-hybridized carbons (Fsp3) is 0.238. The van der Waals surface area contributed by atoms with Gasteiger partial charge in [-0.05, 0) is 29.3 Å². The van der Waals surface area contributed by atoms with Crippen molar-refractivity contribution in [2.45, 2.75) is 24.9 Å². The van der Waals surface area contributed by atoms with E-state index in [1.165, 1.54) is 4.90 Å². The van der Waals surface area contributed by atoms with Gasteiger partial charge < -0.3 is 20.3 Å². The summed E-state index contributed by atoms with van der Waals surface area (Å²) in [7, 11) is 1.67. The first kappa shape index (κ1) is 17.1. The Morgan fingerprint density at radius 1 is 1.04 bits per heavy atom. The maximum atomic E-state index is 12.8. The molecule has 1 aliphatic rings. The van der Waals surface area contributed by atoms with Crippen molar-refractivity contribution in [1.29, 1.82) is 0 Å². The monoisotopic (exact) mass is 363 g/mol. The number of aromatic amines is 1. The third kappa shape index (κ3) is 3.26. The highest BCUT2D eigenvalue weighted by molar-refractivity contribution is 5.97. The molecule has 1 aromatic heterocycles. The van der Waals surface area contributed by atoms with Crippen molar-refractivity contribution >= 4 is 22.7 Å². The van der Waals surface area contributed by atoms with Gasteiger partial charge in [0.15, 0.2) is 0 Å². The molecule has 6 heteroatoms. The van der Waals surface area contributed by atoms with Crippen LogP contribution >= 0.6 is 0 Å². The summed E-state index contributed by atoms with van der Waals surface area (Å²) in [6.45, 7) is 0. The number of phenolic OH excluding ortho intramolecular Hbond substituents is 1. The number of piperazine rings is 1. The number of hydrogen-bond donors (Lipinski definition) is 3. The zero-order valence-electron chi connectivity index (χ0n) is 15.0. The highest BCUT2D eigenvalue weighted by Crippen LogP contribution is 2.22. The van der Waals surface area contributed by atoms with E-state index in [1.807, 2.05) is 30.5 Å². The molecule has 138 valence electrons. The molecule has 2 atom stereocenters. The van der Waals surface area contributed by atoms with Gasteiger partial charge in [-0.1, -0.05) is 30.3 Å². The molecule has 2 amide bonds. The molecular weight excluding hydrogens is 342 g/mol. The van der Waals surface area contributed by atoms with Crippen molar-refractivity contribution in [1.82, 2.24) is 15.2 Å². The molecule has 1 fully saturated rings. The van der Waals surface area contributed by atoms with Gasteiger partial charge in [-0.2, -0.15) is 0 Å². The Morgan fingerprint density at radius 2 is 1.78 bits per heavy atom. The first-order valence-corrected chi connectivity index (χ1v) is 8.93. The van der Waals surface area contributed by atoms with E-state index in [0.717, 1.165) is 22.0 Å². The van der Waals surface area contributed by atoms with Crippen LogP contribution in [-0.4, -0.2) is 45.9 Å². The van der Waals surface area contributed by atoms with Gasteiger partial charge in [0.2, 0.25) is 11.8 Å². The highest BCUT2D eigenvalue weighted by atomic mass is 16.3. The van der Waals surface area contributed by atoms with Gasteiger partial charge in [-0.25, -0.2) is 0 Å². The highest BCUT2D eigenvalue weighted by Gasteiger charge is 2.38. The number of carbonyl (C=O) groups is 2. The third-order valence-electron chi connectivity index (χ3n) is 5.20. The Hall–Kier alpha value is -3.28. The number of carbonyl (C=O) groups excluding carboxylic acids is 2. The van der Waals surface area contributed by atoms with Crippen LogP contribution in [0, 0.1) is 0 Å². The predicted octanol–water partition coefficient (Wildman–Crippen LogP) is 1.98. The Morgan fingerprint density at radius 3 is 2.56 bits per heavy atom. The van der Waals surface area contributed by atoms with Crippen LogP contribution in [0.1, 0.15) is 11.1 Å². The number of benzene rings is 2. The van der Waals surface area contributed by atoms with Gasteiger partial charge >= 0.3 is 0 Å². The van der Waals surface area contributed by atoms with Crippen molar-refractivity contribution in [2.24, 2.45) is 0 Å². The van der Waals surface area contributed by atoms with E-state index >= 15 is 0 Å². The van der Waals surface area contributed by atoms with E-state index < -0.39 is 12.1 Å². The summed E-state index contributed by atoms with van der Waals surface area (Å²) >= 11 is 0. The zero-order chi connectivity index (χ0) is 19.0. The average molecular weight is 363 g/mol. The van der Waals surface area contributed by atoms with E-state index in [2.05, 4.69) is 10.3 Å². The van der Waals surface area contributed by atoms with E-state index in [0.29, 0.717) is 12.8 Å². The largest absolute Gasteiger partial charge is 0.508 e. The molecule has 4 rings (SSSR count). The lowest BCUT2D eigenvalue weighted by Crippen LogP contribution is -2.63. The summed E-state index contributed by atoms with van der Waals surface area (Å²) in [5.74, 6) is -0.0752. The van der Waals surface area contributed by atoms with E-state index in [4.69, 9.17) is 0 Å². The molecular formula is C21H21N3O3. The summed E-state index contributed by atoms with van der Waals surface area (Å²) in [6, 6.07) is 13.5. The molecule has 1 saturated heterocycles. The molecule has 0 saturated carbocycles. The number of nitrogens with one attached hydrogen (secondary N) is 2. The minimum atomic E-state index is -0.572. The molecule has 0 spiro atoms. The van der Waals surface area contributed by atoms with E-state index in [1.54, 1.807) is 31.3 Å². The first-order valence-electron chi connectivity index (χ1n) is 8.93. The SMILES string of the molecule is CN1C(=O)[C@@H](Cc2c[nH]c3ccccc23)NC(=O)[C@H]1Cc1ccc(O)cc1. The smallest absolute Gasteiger partial charge is 0.245 e. The lowest BCUT2D eigenvalue weighted by atomic mass is 9.97. The Balaban J connectivity index is 1.51. The van der Waals surface area contributed by atoms with Crippen LogP contribution in [0.2, 0.25) is 0 Å². The summed E-state index contributed by atoms with van der Waals surface area (Å²) < 4.78 is 0. The molecule has 27 heavy (non-hydrogen) atoms. The van der Waals surface area contributed by atoms with Crippen LogP contribution in [-0.2, 0) is 22.4 Å². The topological polar surface area (TPSA) is 85.4 Å². The van der Waals surface area contributed by atoms with Gasteiger partial charge in [-0.3, -0.25) is 9.59 Å². The van der Waals surface area contributed by atoms with Crippen LogP contribution in [0.5, 0.6) is 5.75 Å². The molecule has 0 unspecified atom stereocenters. The Labute approximate surface area is 156 Å². The number of nitrogens with zero attached hydrogens (tertiary/aromatic N) is 1. The number of phenols is 1. The van der Waals surface area contributed by atoms with Gasteiger partial charge in [0.25, 0.3) is 0 Å². The van der Waals surface area contributed by atoms with Crippen molar-refractivity contribution < 1.29 is 14.7 Å². The van der Waals surface area contributed by atoms with Crippen molar-refractivity contribution in [3.8, 4) is 5.75 Å². The van der Waals surface area contributed by atoms with Crippen LogP contribution in [0.15, 0.2) is 54.7 Å². The van der Waals surface area contributed by atoms with Crippen LogP contribution in [0.3, 0.4) is 0 Å². The molecule has 2 aromatic carbocycles. The van der Waals surface area contributed by atoms with E-state index in [9.17, 15) is 14.7 Å². The standard InChI is InChI=1S/C21H21N3O3/c1-24-19(10-13-6-8-15(25)9-7-13)20(26)23-18(21(24)27)11-14-12-22-17-5-3-2-4-16(14)17/h2-9,12,18-19,22,25H,10-11H2,1H3,(H,23,26)/t18-,19-/m1/s1.